The van der Waals surface area contributed by atoms with E-state index in [4.69, 9.17) is 20.4 Å². The minimum Gasteiger partial charge on any atom is -0.506 e. The molecule has 4 N–H and O–H groups in total. The van der Waals surface area contributed by atoms with Crippen molar-refractivity contribution in [3.05, 3.63) is 12.0 Å². The van der Waals surface area contributed by atoms with Crippen LogP contribution in [0.4, 0.5) is 0 Å². The van der Waals surface area contributed by atoms with Gasteiger partial charge in [0, 0.05) is 0 Å². The molecule has 64 valence electrons. The zero-order chi connectivity index (χ0) is 8.43. The first-order chi connectivity index (χ1) is 5.16. The third kappa shape index (κ3) is 1.45. The number of aliphatic hydroxyl groups excluding tert-OH is 4. The summed E-state index contributed by atoms with van der Waals surface area (Å²) in [6.07, 6.45) is -2.58. The number of aliphatic hydroxyl groups is 4. The average Bonchev–Trinajstić information content (AvgIpc) is 2.01. The van der Waals surface area contributed by atoms with Gasteiger partial charge in [-0.05, 0) is 0 Å². The SMILES string of the molecule is OCC1OC=C(O)[C@@H](O)[C@H]1O. The molecule has 1 heterocycles. The van der Waals surface area contributed by atoms with Gasteiger partial charge in [0.25, 0.3) is 0 Å². The van der Waals surface area contributed by atoms with Crippen LogP contribution in [0.15, 0.2) is 12.0 Å². The average molecular weight is 162 g/mol. The third-order valence-electron chi connectivity index (χ3n) is 1.55. The molecule has 0 radical (unpaired) electrons. The molecule has 1 unspecified atom stereocenters. The van der Waals surface area contributed by atoms with E-state index in [1.165, 1.54) is 0 Å². The van der Waals surface area contributed by atoms with E-state index < -0.39 is 30.7 Å². The van der Waals surface area contributed by atoms with Gasteiger partial charge in [-0.2, -0.15) is 0 Å². The van der Waals surface area contributed by atoms with Crippen LogP contribution in [-0.2, 0) is 4.74 Å². The smallest absolute Gasteiger partial charge is 0.158 e. The fraction of sp³-hybridized carbons (Fsp3) is 0.667. The Morgan fingerprint density at radius 2 is 2.09 bits per heavy atom. The topological polar surface area (TPSA) is 90.2 Å². The highest BCUT2D eigenvalue weighted by molar-refractivity contribution is 5.03. The minimum absolute atomic E-state index is 0.401. The molecule has 1 aliphatic heterocycles. The second-order valence-corrected chi connectivity index (χ2v) is 2.34. The summed E-state index contributed by atoms with van der Waals surface area (Å²) in [7, 11) is 0. The summed E-state index contributed by atoms with van der Waals surface area (Å²) in [4.78, 5) is 0. The van der Waals surface area contributed by atoms with Crippen molar-refractivity contribution in [2.45, 2.75) is 18.3 Å². The van der Waals surface area contributed by atoms with Gasteiger partial charge in [-0.25, -0.2) is 0 Å². The Morgan fingerprint density at radius 1 is 1.45 bits per heavy atom. The first-order valence-electron chi connectivity index (χ1n) is 3.18. The van der Waals surface area contributed by atoms with Gasteiger partial charge in [-0.1, -0.05) is 0 Å². The number of ether oxygens (including phenoxy) is 1. The summed E-state index contributed by atoms with van der Waals surface area (Å²) < 4.78 is 4.65. The normalized spacial score (nSPS) is 37.7. The van der Waals surface area contributed by atoms with Crippen LogP contribution in [0.3, 0.4) is 0 Å². The molecule has 0 aromatic heterocycles. The molecule has 0 saturated heterocycles. The molecule has 5 nitrogen and oxygen atoms in total. The minimum atomic E-state index is -1.36. The zero-order valence-corrected chi connectivity index (χ0v) is 5.71. The van der Waals surface area contributed by atoms with Gasteiger partial charge in [0.2, 0.25) is 0 Å². The summed E-state index contributed by atoms with van der Waals surface area (Å²) >= 11 is 0. The van der Waals surface area contributed by atoms with Crippen LogP contribution in [0.2, 0.25) is 0 Å². The van der Waals surface area contributed by atoms with Gasteiger partial charge in [0.1, 0.15) is 24.6 Å². The Labute approximate surface area is 63.2 Å². The molecule has 5 heteroatoms. The zero-order valence-electron chi connectivity index (χ0n) is 5.71. The highest BCUT2D eigenvalue weighted by atomic mass is 16.5. The molecule has 1 aliphatic rings. The highest BCUT2D eigenvalue weighted by Gasteiger charge is 2.33. The van der Waals surface area contributed by atoms with E-state index in [1.54, 1.807) is 0 Å². The molecular weight excluding hydrogens is 152 g/mol. The number of hydrogen-bond acceptors (Lipinski definition) is 5. The summed E-state index contributed by atoms with van der Waals surface area (Å²) in [5, 5.41) is 35.4. The first-order valence-corrected chi connectivity index (χ1v) is 3.18. The fourth-order valence-corrected chi connectivity index (χ4v) is 0.837. The lowest BCUT2D eigenvalue weighted by atomic mass is 10.1. The van der Waals surface area contributed by atoms with E-state index >= 15 is 0 Å². The third-order valence-corrected chi connectivity index (χ3v) is 1.55. The van der Waals surface area contributed by atoms with Crippen molar-refractivity contribution in [2.75, 3.05) is 6.61 Å². The van der Waals surface area contributed by atoms with E-state index in [1.807, 2.05) is 0 Å². The summed E-state index contributed by atoms with van der Waals surface area (Å²) in [6, 6.07) is 0. The van der Waals surface area contributed by atoms with Crippen molar-refractivity contribution in [3.8, 4) is 0 Å². The van der Waals surface area contributed by atoms with Gasteiger partial charge in [0.15, 0.2) is 5.76 Å². The van der Waals surface area contributed by atoms with Crippen molar-refractivity contribution in [3.63, 3.8) is 0 Å². The van der Waals surface area contributed by atoms with Crippen LogP contribution >= 0.6 is 0 Å². The van der Waals surface area contributed by atoms with Crippen LogP contribution in [-0.4, -0.2) is 45.3 Å². The van der Waals surface area contributed by atoms with Crippen molar-refractivity contribution in [1.82, 2.24) is 0 Å². The fourth-order valence-electron chi connectivity index (χ4n) is 0.837. The largest absolute Gasteiger partial charge is 0.506 e. The monoisotopic (exact) mass is 162 g/mol. The maximum Gasteiger partial charge on any atom is 0.158 e. The van der Waals surface area contributed by atoms with Crippen molar-refractivity contribution < 1.29 is 25.2 Å². The van der Waals surface area contributed by atoms with E-state index in [0.717, 1.165) is 6.26 Å². The molecule has 0 aliphatic carbocycles. The van der Waals surface area contributed by atoms with Crippen molar-refractivity contribution in [1.29, 1.82) is 0 Å². The predicted octanol–water partition coefficient (Wildman–Crippen LogP) is -1.50. The lowest BCUT2D eigenvalue weighted by Crippen LogP contribution is -2.44. The van der Waals surface area contributed by atoms with E-state index in [0.29, 0.717) is 0 Å². The second kappa shape index (κ2) is 3.08. The van der Waals surface area contributed by atoms with Gasteiger partial charge < -0.3 is 25.2 Å². The summed E-state index contributed by atoms with van der Waals surface area (Å²) in [5.74, 6) is -0.429. The summed E-state index contributed by atoms with van der Waals surface area (Å²) in [5.41, 5.74) is 0. The molecular formula is C6H10O5. The van der Waals surface area contributed by atoms with Crippen LogP contribution < -0.4 is 0 Å². The quantitative estimate of drug-likeness (QED) is 0.376. The standard InChI is InChI=1S/C6H10O5/c7-1-4-6(10)5(9)3(8)2-11-4/h2,4-10H,1H2/t4?,5-,6+/m1/s1. The van der Waals surface area contributed by atoms with Crippen molar-refractivity contribution >= 4 is 0 Å². The highest BCUT2D eigenvalue weighted by Crippen LogP contribution is 2.16. The van der Waals surface area contributed by atoms with Gasteiger partial charge >= 0.3 is 0 Å². The Kier molecular flexibility index (Phi) is 2.33. The number of hydrogen-bond donors (Lipinski definition) is 4. The molecule has 11 heavy (non-hydrogen) atoms. The number of rotatable bonds is 1. The second-order valence-electron chi connectivity index (χ2n) is 2.34. The lowest BCUT2D eigenvalue weighted by Gasteiger charge is -2.28. The molecule has 0 fully saturated rings. The van der Waals surface area contributed by atoms with Gasteiger partial charge in [-0.3, -0.25) is 0 Å². The van der Waals surface area contributed by atoms with Crippen molar-refractivity contribution in [2.24, 2.45) is 0 Å². The molecule has 0 amide bonds. The molecule has 1 rings (SSSR count). The van der Waals surface area contributed by atoms with Crippen LogP contribution in [0.1, 0.15) is 0 Å². The molecule has 0 aromatic rings. The molecule has 3 atom stereocenters. The predicted molar refractivity (Wildman–Crippen MR) is 34.7 cm³/mol. The Hall–Kier alpha value is -0.780. The lowest BCUT2D eigenvalue weighted by molar-refractivity contribution is -0.101. The molecule has 0 saturated carbocycles. The van der Waals surface area contributed by atoms with E-state index in [9.17, 15) is 0 Å². The molecule has 0 bridgehead atoms. The molecule has 0 spiro atoms. The maximum absolute atomic E-state index is 9.07. The Morgan fingerprint density at radius 3 is 2.64 bits per heavy atom. The summed E-state index contributed by atoms with van der Waals surface area (Å²) in [6.45, 7) is -0.401. The Balaban J connectivity index is 2.68. The van der Waals surface area contributed by atoms with E-state index in [2.05, 4.69) is 4.74 Å². The maximum atomic E-state index is 9.07. The first kappa shape index (κ1) is 8.32. The van der Waals surface area contributed by atoms with Crippen LogP contribution in [0.25, 0.3) is 0 Å². The van der Waals surface area contributed by atoms with E-state index in [-0.39, 0.29) is 0 Å². The van der Waals surface area contributed by atoms with Crippen LogP contribution in [0, 0.1) is 0 Å². The van der Waals surface area contributed by atoms with Crippen LogP contribution in [0.5, 0.6) is 0 Å². The van der Waals surface area contributed by atoms with Gasteiger partial charge in [-0.15, -0.1) is 0 Å². The Bertz CT molecular complexity index is 166. The van der Waals surface area contributed by atoms with Gasteiger partial charge in [0.05, 0.1) is 6.61 Å². The molecule has 0 aromatic carbocycles.